The molecule has 2 heteroatoms. The maximum atomic E-state index is 11.2. The van der Waals surface area contributed by atoms with Crippen molar-refractivity contribution in [3.05, 3.63) is 35.3 Å². The van der Waals surface area contributed by atoms with Crippen molar-refractivity contribution in [1.29, 1.82) is 0 Å². The lowest BCUT2D eigenvalue weighted by molar-refractivity contribution is 0.101. The highest BCUT2D eigenvalue weighted by atomic mass is 16.3. The van der Waals surface area contributed by atoms with Gasteiger partial charge in [0.05, 0.1) is 5.56 Å². The fourth-order valence-corrected chi connectivity index (χ4v) is 1.82. The fourth-order valence-electron chi connectivity index (χ4n) is 1.82. The number of carbonyl (C=O) groups is 1. The number of furan rings is 1. The van der Waals surface area contributed by atoms with E-state index in [1.165, 1.54) is 19.3 Å². The summed E-state index contributed by atoms with van der Waals surface area (Å²) in [6, 6.07) is 1.86. The number of carbonyl (C=O) groups excluding carboxylic acids is 1. The smallest absolute Gasteiger partial charge is 0.163 e. The molecule has 0 aliphatic heterocycles. The molecule has 0 bridgehead atoms. The minimum atomic E-state index is 0.0735. The van der Waals surface area contributed by atoms with Crippen LogP contribution in [0.4, 0.5) is 0 Å². The molecule has 1 aromatic rings. The number of aryl methyl sites for hydroxylation is 1. The molecule has 0 spiro atoms. The quantitative estimate of drug-likeness (QED) is 0.396. The number of Topliss-reactive ketones (excluding diaryl/α,β-unsaturated/α-hetero) is 1. The molecule has 0 radical (unpaired) electrons. The van der Waals surface area contributed by atoms with Gasteiger partial charge in [0.15, 0.2) is 5.78 Å². The summed E-state index contributed by atoms with van der Waals surface area (Å²) in [5, 5.41) is 0. The average Bonchev–Trinajstić information content (AvgIpc) is 2.65. The van der Waals surface area contributed by atoms with Gasteiger partial charge in [0, 0.05) is 6.42 Å². The van der Waals surface area contributed by atoms with Crippen LogP contribution in [-0.2, 0) is 6.42 Å². The standard InChI is InChI=1S/C15H22O2/c1-4-5-6-7-8-9-10-14-11-15(12(2)16)13(3)17-14/h8-9,11H,4-7,10H2,1-3H3/b9-8+. The van der Waals surface area contributed by atoms with Gasteiger partial charge in [-0.15, -0.1) is 0 Å². The topological polar surface area (TPSA) is 30.2 Å². The second kappa shape index (κ2) is 7.10. The molecule has 0 aliphatic rings. The van der Waals surface area contributed by atoms with Crippen molar-refractivity contribution in [1.82, 2.24) is 0 Å². The predicted molar refractivity (Wildman–Crippen MR) is 70.4 cm³/mol. The Labute approximate surface area is 104 Å². The molecule has 0 saturated heterocycles. The van der Waals surface area contributed by atoms with Crippen molar-refractivity contribution in [3.63, 3.8) is 0 Å². The molecule has 0 atom stereocenters. The largest absolute Gasteiger partial charge is 0.465 e. The summed E-state index contributed by atoms with van der Waals surface area (Å²) in [4.78, 5) is 11.2. The zero-order valence-corrected chi connectivity index (χ0v) is 11.1. The van der Waals surface area contributed by atoms with Crippen molar-refractivity contribution in [3.8, 4) is 0 Å². The molecule has 0 aliphatic carbocycles. The third-order valence-corrected chi connectivity index (χ3v) is 2.81. The Morgan fingerprint density at radius 3 is 2.71 bits per heavy atom. The van der Waals surface area contributed by atoms with E-state index in [1.54, 1.807) is 6.92 Å². The van der Waals surface area contributed by atoms with Gasteiger partial charge in [-0.2, -0.15) is 0 Å². The Balaban J connectivity index is 2.41. The fraction of sp³-hybridized carbons (Fsp3) is 0.533. The maximum Gasteiger partial charge on any atom is 0.163 e. The van der Waals surface area contributed by atoms with E-state index in [2.05, 4.69) is 19.1 Å². The molecule has 2 nitrogen and oxygen atoms in total. The third-order valence-electron chi connectivity index (χ3n) is 2.81. The van der Waals surface area contributed by atoms with Crippen LogP contribution in [0.15, 0.2) is 22.6 Å². The minimum absolute atomic E-state index is 0.0735. The van der Waals surface area contributed by atoms with Crippen molar-refractivity contribution in [2.75, 3.05) is 0 Å². The number of hydrogen-bond acceptors (Lipinski definition) is 2. The molecule has 0 amide bonds. The first-order valence-electron chi connectivity index (χ1n) is 6.40. The van der Waals surface area contributed by atoms with Gasteiger partial charge >= 0.3 is 0 Å². The number of unbranched alkanes of at least 4 members (excludes halogenated alkanes) is 3. The average molecular weight is 234 g/mol. The number of hydrogen-bond donors (Lipinski definition) is 0. The molecule has 0 fully saturated rings. The van der Waals surface area contributed by atoms with Crippen LogP contribution in [0.25, 0.3) is 0 Å². The van der Waals surface area contributed by atoms with Gasteiger partial charge in [-0.3, -0.25) is 4.79 Å². The first kappa shape index (κ1) is 13.8. The highest BCUT2D eigenvalue weighted by Crippen LogP contribution is 2.16. The lowest BCUT2D eigenvalue weighted by Gasteiger charge is -1.91. The molecule has 0 unspecified atom stereocenters. The second-order valence-electron chi connectivity index (χ2n) is 4.41. The molecule has 1 aromatic heterocycles. The van der Waals surface area contributed by atoms with Crippen LogP contribution in [0, 0.1) is 6.92 Å². The van der Waals surface area contributed by atoms with E-state index in [9.17, 15) is 4.79 Å². The van der Waals surface area contributed by atoms with Crippen LogP contribution in [-0.4, -0.2) is 5.78 Å². The summed E-state index contributed by atoms with van der Waals surface area (Å²) < 4.78 is 5.53. The highest BCUT2D eigenvalue weighted by molar-refractivity contribution is 5.95. The van der Waals surface area contributed by atoms with Gasteiger partial charge in [0.1, 0.15) is 11.5 Å². The number of allylic oxidation sites excluding steroid dienone is 2. The molecule has 1 heterocycles. The summed E-state index contributed by atoms with van der Waals surface area (Å²) in [7, 11) is 0. The van der Waals surface area contributed by atoms with Crippen LogP contribution in [0.2, 0.25) is 0 Å². The minimum Gasteiger partial charge on any atom is -0.465 e. The van der Waals surface area contributed by atoms with Gasteiger partial charge in [-0.1, -0.05) is 31.9 Å². The summed E-state index contributed by atoms with van der Waals surface area (Å²) in [6.45, 7) is 5.62. The van der Waals surface area contributed by atoms with Crippen molar-refractivity contribution >= 4 is 5.78 Å². The molecule has 0 N–H and O–H groups in total. The SMILES string of the molecule is CCCCC/C=C/Cc1cc(C(C)=O)c(C)o1. The molecular formula is C15H22O2. The van der Waals surface area contributed by atoms with Crippen LogP contribution < -0.4 is 0 Å². The Bertz CT molecular complexity index is 386. The Hall–Kier alpha value is -1.31. The zero-order valence-electron chi connectivity index (χ0n) is 11.1. The number of ketones is 1. The lowest BCUT2D eigenvalue weighted by Crippen LogP contribution is -1.90. The second-order valence-corrected chi connectivity index (χ2v) is 4.41. The van der Waals surface area contributed by atoms with Crippen molar-refractivity contribution in [2.24, 2.45) is 0 Å². The number of rotatable bonds is 7. The van der Waals surface area contributed by atoms with Crippen molar-refractivity contribution in [2.45, 2.75) is 52.9 Å². The first-order valence-corrected chi connectivity index (χ1v) is 6.40. The van der Waals surface area contributed by atoms with Crippen LogP contribution in [0.3, 0.4) is 0 Å². The Kier molecular flexibility index (Phi) is 5.75. The summed E-state index contributed by atoms with van der Waals surface area (Å²) >= 11 is 0. The first-order chi connectivity index (χ1) is 8.15. The van der Waals surface area contributed by atoms with Crippen molar-refractivity contribution < 1.29 is 9.21 Å². The molecule has 0 aromatic carbocycles. The van der Waals surface area contributed by atoms with E-state index < -0.39 is 0 Å². The van der Waals surface area contributed by atoms with Gasteiger partial charge in [-0.05, 0) is 32.8 Å². The highest BCUT2D eigenvalue weighted by Gasteiger charge is 2.09. The third kappa shape index (κ3) is 4.59. The molecular weight excluding hydrogens is 212 g/mol. The molecule has 1 rings (SSSR count). The van der Waals surface area contributed by atoms with E-state index in [1.807, 2.05) is 13.0 Å². The zero-order chi connectivity index (χ0) is 12.7. The van der Waals surface area contributed by atoms with E-state index >= 15 is 0 Å². The Morgan fingerprint density at radius 2 is 2.12 bits per heavy atom. The summed E-state index contributed by atoms with van der Waals surface area (Å²) in [5.74, 6) is 1.68. The van der Waals surface area contributed by atoms with Gasteiger partial charge in [0.2, 0.25) is 0 Å². The predicted octanol–water partition coefficient (Wildman–Crippen LogP) is 4.47. The molecule has 0 saturated carbocycles. The maximum absolute atomic E-state index is 11.2. The lowest BCUT2D eigenvalue weighted by atomic mass is 10.1. The summed E-state index contributed by atoms with van der Waals surface area (Å²) in [5.41, 5.74) is 0.708. The van der Waals surface area contributed by atoms with E-state index in [0.717, 1.165) is 24.4 Å². The van der Waals surface area contributed by atoms with Gasteiger partial charge in [-0.25, -0.2) is 0 Å². The monoisotopic (exact) mass is 234 g/mol. The van der Waals surface area contributed by atoms with Crippen LogP contribution in [0.1, 0.15) is 61.4 Å². The van der Waals surface area contributed by atoms with Gasteiger partial charge < -0.3 is 4.42 Å². The molecule has 17 heavy (non-hydrogen) atoms. The van der Waals surface area contributed by atoms with E-state index in [0.29, 0.717) is 5.56 Å². The normalized spacial score (nSPS) is 11.2. The van der Waals surface area contributed by atoms with Crippen LogP contribution >= 0.6 is 0 Å². The van der Waals surface area contributed by atoms with Crippen LogP contribution in [0.5, 0.6) is 0 Å². The van der Waals surface area contributed by atoms with E-state index in [4.69, 9.17) is 4.42 Å². The summed E-state index contributed by atoms with van der Waals surface area (Å²) in [6.07, 6.45) is 10.0. The molecule has 94 valence electrons. The Morgan fingerprint density at radius 1 is 1.35 bits per heavy atom. The van der Waals surface area contributed by atoms with Gasteiger partial charge in [0.25, 0.3) is 0 Å². The van der Waals surface area contributed by atoms with E-state index in [-0.39, 0.29) is 5.78 Å².